The van der Waals surface area contributed by atoms with E-state index in [1.165, 1.54) is 24.9 Å². The molecule has 0 bridgehead atoms. The van der Waals surface area contributed by atoms with Crippen LogP contribution < -0.4 is 10.5 Å². The summed E-state index contributed by atoms with van der Waals surface area (Å²) >= 11 is 0. The number of benzene rings is 1. The number of hydrogen-bond acceptors (Lipinski definition) is 5. The Morgan fingerprint density at radius 2 is 1.97 bits per heavy atom. The van der Waals surface area contributed by atoms with Gasteiger partial charge in [0.15, 0.2) is 0 Å². The van der Waals surface area contributed by atoms with Crippen LogP contribution in [0.4, 0.5) is 5.95 Å². The van der Waals surface area contributed by atoms with Gasteiger partial charge in [-0.15, -0.1) is 0 Å². The molecule has 0 amide bonds. The highest BCUT2D eigenvalue weighted by Crippen LogP contribution is 2.36. The molecule has 0 unspecified atom stereocenters. The van der Waals surface area contributed by atoms with E-state index < -0.39 is 0 Å². The van der Waals surface area contributed by atoms with Crippen molar-refractivity contribution in [2.45, 2.75) is 71.6 Å². The lowest BCUT2D eigenvalue weighted by atomic mass is 10.0. The second kappa shape index (κ2) is 8.84. The van der Waals surface area contributed by atoms with Gasteiger partial charge < -0.3 is 9.88 Å². The van der Waals surface area contributed by atoms with Gasteiger partial charge in [-0.25, -0.2) is 4.98 Å². The first-order valence-corrected chi connectivity index (χ1v) is 13.5. The van der Waals surface area contributed by atoms with Crippen molar-refractivity contribution in [1.82, 2.24) is 24.4 Å². The Bertz CT molecular complexity index is 1510. The highest BCUT2D eigenvalue weighted by atomic mass is 16.1. The van der Waals surface area contributed by atoms with Crippen molar-refractivity contribution in [2.24, 2.45) is 0 Å². The monoisotopic (exact) mass is 496 g/mol. The Morgan fingerprint density at radius 1 is 1.14 bits per heavy atom. The number of nitrogens with zero attached hydrogens (tertiary/aromatic N) is 5. The lowest BCUT2D eigenvalue weighted by Gasteiger charge is -2.35. The van der Waals surface area contributed by atoms with Crippen LogP contribution in [0.5, 0.6) is 0 Å². The molecule has 1 N–H and O–H groups in total. The van der Waals surface area contributed by atoms with E-state index in [4.69, 9.17) is 9.97 Å². The van der Waals surface area contributed by atoms with E-state index >= 15 is 0 Å². The van der Waals surface area contributed by atoms with Crippen LogP contribution in [-0.2, 0) is 6.54 Å². The first kappa shape index (κ1) is 23.9. The zero-order valence-corrected chi connectivity index (χ0v) is 22.5. The van der Waals surface area contributed by atoms with Gasteiger partial charge in [-0.3, -0.25) is 19.2 Å². The van der Waals surface area contributed by atoms with Crippen LogP contribution in [-0.4, -0.2) is 49.1 Å². The average molecular weight is 497 g/mol. The molecule has 3 aromatic heterocycles. The summed E-state index contributed by atoms with van der Waals surface area (Å²) in [4.78, 5) is 31.2. The molecule has 1 aromatic carbocycles. The molecule has 6 rings (SSSR count). The van der Waals surface area contributed by atoms with Crippen molar-refractivity contribution >= 4 is 16.9 Å². The Labute approximate surface area is 218 Å². The molecule has 2 aliphatic rings. The van der Waals surface area contributed by atoms with Crippen LogP contribution in [0.3, 0.4) is 0 Å². The third-order valence-electron chi connectivity index (χ3n) is 8.11. The number of aromatic nitrogens is 4. The van der Waals surface area contributed by atoms with E-state index in [9.17, 15) is 4.79 Å². The minimum absolute atomic E-state index is 0.00739. The predicted molar refractivity (Wildman–Crippen MR) is 150 cm³/mol. The Balaban J connectivity index is 1.38. The fraction of sp³-hybridized carbons (Fsp3) is 0.433. The highest BCUT2D eigenvalue weighted by Gasteiger charge is 2.39. The summed E-state index contributed by atoms with van der Waals surface area (Å²) in [6, 6.07) is 13.1. The topological polar surface area (TPSA) is 70.1 Å². The van der Waals surface area contributed by atoms with E-state index in [1.54, 1.807) is 10.6 Å². The van der Waals surface area contributed by atoms with Crippen LogP contribution in [0.2, 0.25) is 0 Å². The molecule has 0 spiro atoms. The summed E-state index contributed by atoms with van der Waals surface area (Å²) in [5.74, 6) is 0.748. The summed E-state index contributed by atoms with van der Waals surface area (Å²) in [6.45, 7) is 13.8. The summed E-state index contributed by atoms with van der Waals surface area (Å²) in [7, 11) is 0. The smallest absolute Gasteiger partial charge is 0.255 e. The molecular formula is C30H36N6O. The zero-order chi connectivity index (χ0) is 25.9. The summed E-state index contributed by atoms with van der Waals surface area (Å²) in [5.41, 5.74) is 5.79. The molecule has 0 radical (unpaired) electrons. The average Bonchev–Trinajstić information content (AvgIpc) is 3.58. The van der Waals surface area contributed by atoms with Crippen molar-refractivity contribution in [3.8, 4) is 22.5 Å². The fourth-order valence-corrected chi connectivity index (χ4v) is 6.48. The number of pyridine rings is 1. The Kier molecular flexibility index (Phi) is 5.71. The molecule has 0 saturated carbocycles. The first-order valence-electron chi connectivity index (χ1n) is 13.5. The van der Waals surface area contributed by atoms with E-state index in [0.29, 0.717) is 18.3 Å². The van der Waals surface area contributed by atoms with Crippen molar-refractivity contribution in [2.75, 3.05) is 18.0 Å². The maximum atomic E-state index is 13.2. The molecule has 7 heteroatoms. The summed E-state index contributed by atoms with van der Waals surface area (Å²) < 4.78 is 1.80. The number of hydrogen-bond donors (Lipinski definition) is 1. The van der Waals surface area contributed by atoms with E-state index in [0.717, 1.165) is 40.2 Å². The molecule has 7 nitrogen and oxygen atoms in total. The number of fused-ring (bicyclic) bond motifs is 2. The third kappa shape index (κ3) is 3.96. The Morgan fingerprint density at radius 3 is 2.70 bits per heavy atom. The third-order valence-corrected chi connectivity index (χ3v) is 8.11. The lowest BCUT2D eigenvalue weighted by molar-refractivity contribution is 0.271. The summed E-state index contributed by atoms with van der Waals surface area (Å²) in [6.07, 6.45) is 6.46. The van der Waals surface area contributed by atoms with Crippen LogP contribution in [0.25, 0.3) is 33.4 Å². The van der Waals surface area contributed by atoms with Crippen LogP contribution in [0.1, 0.15) is 59.1 Å². The van der Waals surface area contributed by atoms with Crippen molar-refractivity contribution in [3.63, 3.8) is 0 Å². The number of aromatic amines is 1. The van der Waals surface area contributed by atoms with Gasteiger partial charge in [0.05, 0.1) is 23.5 Å². The molecule has 2 aliphatic heterocycles. The highest BCUT2D eigenvalue weighted by molar-refractivity contribution is 5.97. The van der Waals surface area contributed by atoms with E-state index in [2.05, 4.69) is 79.7 Å². The number of rotatable bonds is 5. The van der Waals surface area contributed by atoms with Gasteiger partial charge in [0, 0.05) is 52.6 Å². The molecule has 1 fully saturated rings. The van der Waals surface area contributed by atoms with Crippen LogP contribution >= 0.6 is 0 Å². The number of H-pyrrole nitrogens is 1. The van der Waals surface area contributed by atoms with Crippen molar-refractivity contribution < 1.29 is 0 Å². The molecule has 192 valence electrons. The molecule has 0 aliphatic carbocycles. The zero-order valence-electron chi connectivity index (χ0n) is 22.5. The number of anilines is 1. The normalized spacial score (nSPS) is 19.3. The second-order valence-corrected chi connectivity index (χ2v) is 11.4. The second-order valence-electron chi connectivity index (χ2n) is 11.4. The van der Waals surface area contributed by atoms with E-state index in [1.807, 2.05) is 12.4 Å². The van der Waals surface area contributed by atoms with Gasteiger partial charge in [-0.1, -0.05) is 19.1 Å². The van der Waals surface area contributed by atoms with Gasteiger partial charge in [0.1, 0.15) is 0 Å². The van der Waals surface area contributed by atoms with E-state index in [-0.39, 0.29) is 17.1 Å². The fourth-order valence-electron chi connectivity index (χ4n) is 6.48. The quantitative estimate of drug-likeness (QED) is 0.388. The molecule has 4 aromatic rings. The van der Waals surface area contributed by atoms with Gasteiger partial charge in [-0.2, -0.15) is 0 Å². The number of likely N-dealkylation sites (tertiary alicyclic amines) is 1. The van der Waals surface area contributed by atoms with Gasteiger partial charge in [0.25, 0.3) is 5.56 Å². The molecular weight excluding hydrogens is 460 g/mol. The molecule has 5 heterocycles. The SMILES string of the molecule is CCN1CCC[C@@H]1c1ccc(-c2ccc3[nH]cc(-c4cc(=O)n5c(n4)N(C(C)C)C(C)(C)C5)c3c2)nc1. The largest absolute Gasteiger partial charge is 0.360 e. The lowest BCUT2D eigenvalue weighted by Crippen LogP contribution is -2.45. The van der Waals surface area contributed by atoms with Crippen molar-refractivity contribution in [3.05, 3.63) is 64.7 Å². The van der Waals surface area contributed by atoms with Crippen molar-refractivity contribution in [1.29, 1.82) is 0 Å². The van der Waals surface area contributed by atoms with Gasteiger partial charge >= 0.3 is 0 Å². The standard InChI is InChI=1S/C30H36N6O/c1-6-34-13-7-8-27(34)21-10-11-24(31-16-21)20-9-12-25-22(14-20)23(17-32-25)26-15-28(37)35-18-30(4,5)36(19(2)3)29(35)33-26/h9-12,14-17,19,27,32H,6-8,13,18H2,1-5H3/t27-/m1/s1. The maximum Gasteiger partial charge on any atom is 0.255 e. The minimum Gasteiger partial charge on any atom is -0.360 e. The predicted octanol–water partition coefficient (Wildman–Crippen LogP) is 5.62. The summed E-state index contributed by atoms with van der Waals surface area (Å²) in [5, 5.41) is 1.04. The van der Waals surface area contributed by atoms with Crippen LogP contribution in [0.15, 0.2) is 53.6 Å². The molecule has 1 atom stereocenters. The molecule has 1 saturated heterocycles. The first-order chi connectivity index (χ1) is 17.8. The number of nitrogens with one attached hydrogen (secondary N) is 1. The minimum atomic E-state index is -0.163. The van der Waals surface area contributed by atoms with Crippen LogP contribution in [0, 0.1) is 0 Å². The maximum absolute atomic E-state index is 13.2. The molecule has 37 heavy (non-hydrogen) atoms. The Hall–Kier alpha value is -3.45. The van der Waals surface area contributed by atoms with Gasteiger partial charge in [-0.05, 0) is 77.4 Å². The van der Waals surface area contributed by atoms with Gasteiger partial charge in [0.2, 0.25) is 5.95 Å².